The highest BCUT2D eigenvalue weighted by atomic mass is 127. The second-order valence-electron chi connectivity index (χ2n) is 5.99. The molecule has 3 heterocycles. The molecule has 0 amide bonds. The van der Waals surface area contributed by atoms with Gasteiger partial charge in [-0.3, -0.25) is 15.0 Å². The standard InChI is InChI=1S/C21H16IN3/c22-20-5-8-25-21(12-20)19-10-17(15-3-1-6-23-13-15)9-18(11-19)16-4-2-7-24-14-16/h1-8,10-14,17H,9H2. The van der Waals surface area contributed by atoms with Crippen LogP contribution >= 0.6 is 22.6 Å². The van der Waals surface area contributed by atoms with Crippen molar-refractivity contribution in [2.24, 2.45) is 0 Å². The Bertz CT molecular complexity index is 934. The van der Waals surface area contributed by atoms with Gasteiger partial charge in [-0.1, -0.05) is 18.2 Å². The van der Waals surface area contributed by atoms with Crippen LogP contribution in [0, 0.1) is 3.57 Å². The van der Waals surface area contributed by atoms with Gasteiger partial charge in [0, 0.05) is 40.5 Å². The van der Waals surface area contributed by atoms with E-state index in [1.54, 1.807) is 0 Å². The van der Waals surface area contributed by atoms with E-state index in [0.29, 0.717) is 0 Å². The summed E-state index contributed by atoms with van der Waals surface area (Å²) in [6.45, 7) is 0. The Morgan fingerprint density at radius 1 is 0.960 bits per heavy atom. The highest BCUT2D eigenvalue weighted by Crippen LogP contribution is 2.38. The van der Waals surface area contributed by atoms with Crippen LogP contribution in [-0.4, -0.2) is 15.0 Å². The number of hydrogen-bond acceptors (Lipinski definition) is 3. The van der Waals surface area contributed by atoms with Gasteiger partial charge in [-0.25, -0.2) is 0 Å². The fourth-order valence-corrected chi connectivity index (χ4v) is 3.55. The molecule has 0 aromatic carbocycles. The van der Waals surface area contributed by atoms with Crippen molar-refractivity contribution < 1.29 is 0 Å². The number of rotatable bonds is 3. The second-order valence-corrected chi connectivity index (χ2v) is 7.24. The first-order valence-electron chi connectivity index (χ1n) is 8.14. The maximum Gasteiger partial charge on any atom is 0.0709 e. The summed E-state index contributed by atoms with van der Waals surface area (Å²) in [7, 11) is 0. The third-order valence-corrected chi connectivity index (χ3v) is 4.98. The molecule has 0 aliphatic heterocycles. The maximum absolute atomic E-state index is 4.57. The fraction of sp³-hybridized carbons (Fsp3) is 0.0952. The monoisotopic (exact) mass is 437 g/mol. The summed E-state index contributed by atoms with van der Waals surface area (Å²) in [4.78, 5) is 13.1. The molecular formula is C21H16IN3. The molecule has 3 nitrogen and oxygen atoms in total. The van der Waals surface area contributed by atoms with Crippen molar-refractivity contribution >= 4 is 33.7 Å². The molecule has 122 valence electrons. The molecule has 3 aromatic heterocycles. The summed E-state index contributed by atoms with van der Waals surface area (Å²) < 4.78 is 1.18. The normalized spacial score (nSPS) is 16.9. The van der Waals surface area contributed by atoms with E-state index in [-0.39, 0.29) is 5.92 Å². The van der Waals surface area contributed by atoms with E-state index in [0.717, 1.165) is 23.3 Å². The zero-order valence-corrected chi connectivity index (χ0v) is 15.7. The van der Waals surface area contributed by atoms with Gasteiger partial charge in [0.2, 0.25) is 0 Å². The van der Waals surface area contributed by atoms with Crippen molar-refractivity contribution in [1.82, 2.24) is 15.0 Å². The van der Waals surface area contributed by atoms with Crippen molar-refractivity contribution in [2.75, 3.05) is 0 Å². The number of halogens is 1. The van der Waals surface area contributed by atoms with Crippen molar-refractivity contribution in [3.8, 4) is 0 Å². The first kappa shape index (κ1) is 16.1. The number of hydrogen-bond donors (Lipinski definition) is 0. The van der Waals surface area contributed by atoms with Crippen LogP contribution in [0.15, 0.2) is 79.5 Å². The minimum absolute atomic E-state index is 0.281. The van der Waals surface area contributed by atoms with Crippen LogP contribution in [-0.2, 0) is 0 Å². The predicted molar refractivity (Wildman–Crippen MR) is 109 cm³/mol. The van der Waals surface area contributed by atoms with Gasteiger partial charge in [-0.2, -0.15) is 0 Å². The molecule has 4 rings (SSSR count). The Balaban J connectivity index is 1.80. The minimum Gasteiger partial charge on any atom is -0.264 e. The molecule has 1 atom stereocenters. The zero-order chi connectivity index (χ0) is 17.1. The van der Waals surface area contributed by atoms with Crippen molar-refractivity contribution in [3.63, 3.8) is 0 Å². The van der Waals surface area contributed by atoms with E-state index < -0.39 is 0 Å². The summed E-state index contributed by atoms with van der Waals surface area (Å²) in [5.74, 6) is 0.281. The largest absolute Gasteiger partial charge is 0.264 e. The lowest BCUT2D eigenvalue weighted by atomic mass is 9.83. The van der Waals surface area contributed by atoms with Gasteiger partial charge in [-0.15, -0.1) is 0 Å². The van der Waals surface area contributed by atoms with Gasteiger partial charge in [0.15, 0.2) is 0 Å². The van der Waals surface area contributed by atoms with Crippen LogP contribution in [0.1, 0.15) is 29.2 Å². The SMILES string of the molecule is Ic1ccnc(C2=CC(c3cccnc3)CC(c3cccnc3)=C2)c1. The molecule has 3 aromatic rings. The van der Waals surface area contributed by atoms with Crippen molar-refractivity contribution in [1.29, 1.82) is 0 Å². The van der Waals surface area contributed by atoms with Gasteiger partial charge in [-0.05, 0) is 81.6 Å². The lowest BCUT2D eigenvalue weighted by molar-refractivity contribution is 0.861. The number of allylic oxidation sites excluding steroid dienone is 4. The lowest BCUT2D eigenvalue weighted by Gasteiger charge is -2.22. The van der Waals surface area contributed by atoms with Gasteiger partial charge in [0.1, 0.15) is 0 Å². The van der Waals surface area contributed by atoms with Gasteiger partial charge < -0.3 is 0 Å². The molecule has 1 unspecified atom stereocenters. The van der Waals surface area contributed by atoms with E-state index in [4.69, 9.17) is 0 Å². The fourth-order valence-electron chi connectivity index (χ4n) is 3.09. The predicted octanol–water partition coefficient (Wildman–Crippen LogP) is 5.13. The van der Waals surface area contributed by atoms with Crippen LogP contribution in [0.25, 0.3) is 11.1 Å². The van der Waals surface area contributed by atoms with Gasteiger partial charge >= 0.3 is 0 Å². The Hall–Kier alpha value is -2.34. The average molecular weight is 437 g/mol. The molecule has 0 N–H and O–H groups in total. The lowest BCUT2D eigenvalue weighted by Crippen LogP contribution is -2.05. The zero-order valence-electron chi connectivity index (χ0n) is 13.5. The van der Waals surface area contributed by atoms with Crippen molar-refractivity contribution in [3.05, 3.63) is 99.9 Å². The van der Waals surface area contributed by atoms with Crippen LogP contribution < -0.4 is 0 Å². The summed E-state index contributed by atoms with van der Waals surface area (Å²) in [5, 5.41) is 0. The highest BCUT2D eigenvalue weighted by Gasteiger charge is 2.20. The van der Waals surface area contributed by atoms with E-state index in [1.165, 1.54) is 14.7 Å². The minimum atomic E-state index is 0.281. The van der Waals surface area contributed by atoms with E-state index >= 15 is 0 Å². The molecule has 0 saturated carbocycles. The van der Waals surface area contributed by atoms with Gasteiger partial charge in [0.25, 0.3) is 0 Å². The quantitative estimate of drug-likeness (QED) is 0.534. The third kappa shape index (κ3) is 3.69. The van der Waals surface area contributed by atoms with E-state index in [9.17, 15) is 0 Å². The molecule has 0 fully saturated rings. The first-order chi connectivity index (χ1) is 12.3. The Morgan fingerprint density at radius 2 is 1.80 bits per heavy atom. The molecule has 0 spiro atoms. The number of pyridine rings is 3. The first-order valence-corrected chi connectivity index (χ1v) is 9.22. The second kappa shape index (κ2) is 7.27. The van der Waals surface area contributed by atoms with Crippen LogP contribution in [0.3, 0.4) is 0 Å². The molecule has 1 aliphatic carbocycles. The summed E-state index contributed by atoms with van der Waals surface area (Å²) >= 11 is 2.33. The van der Waals surface area contributed by atoms with Crippen molar-refractivity contribution in [2.45, 2.75) is 12.3 Å². The Kier molecular flexibility index (Phi) is 4.70. The topological polar surface area (TPSA) is 38.7 Å². The highest BCUT2D eigenvalue weighted by molar-refractivity contribution is 14.1. The number of nitrogens with zero attached hydrogens (tertiary/aromatic N) is 3. The van der Waals surface area contributed by atoms with E-state index in [2.05, 4.69) is 67.9 Å². The van der Waals surface area contributed by atoms with E-state index in [1.807, 2.05) is 49.2 Å². The maximum atomic E-state index is 4.57. The van der Waals surface area contributed by atoms with Crippen LogP contribution in [0.4, 0.5) is 0 Å². The molecule has 0 bridgehead atoms. The third-order valence-electron chi connectivity index (χ3n) is 4.31. The van der Waals surface area contributed by atoms with Gasteiger partial charge in [0.05, 0.1) is 5.69 Å². The Labute approximate surface area is 160 Å². The summed E-state index contributed by atoms with van der Waals surface area (Å²) in [6.07, 6.45) is 14.8. The smallest absolute Gasteiger partial charge is 0.0709 e. The number of aromatic nitrogens is 3. The average Bonchev–Trinajstić information content (AvgIpc) is 2.69. The summed E-state index contributed by atoms with van der Waals surface area (Å²) in [5.41, 5.74) is 5.81. The molecular weight excluding hydrogens is 421 g/mol. The molecule has 0 saturated heterocycles. The molecule has 0 radical (unpaired) electrons. The molecule has 4 heteroatoms. The summed E-state index contributed by atoms with van der Waals surface area (Å²) in [6, 6.07) is 12.4. The molecule has 25 heavy (non-hydrogen) atoms. The van der Waals surface area contributed by atoms with Crippen LogP contribution in [0.2, 0.25) is 0 Å². The van der Waals surface area contributed by atoms with Crippen LogP contribution in [0.5, 0.6) is 0 Å². The molecule has 1 aliphatic rings. The Morgan fingerprint density at radius 3 is 2.52 bits per heavy atom.